The smallest absolute Gasteiger partial charge is 0.444 e. The Morgan fingerprint density at radius 2 is 1.67 bits per heavy atom. The van der Waals surface area contributed by atoms with Crippen LogP contribution in [-0.2, 0) is 4.74 Å². The molecule has 0 aliphatic carbocycles. The van der Waals surface area contributed by atoms with Crippen LogP contribution < -0.4 is 10.1 Å². The van der Waals surface area contributed by atoms with Crippen molar-refractivity contribution in [1.29, 1.82) is 0 Å². The molecular weight excluding hydrogens is 515 g/mol. The first-order chi connectivity index (χ1) is 18.3. The minimum absolute atomic E-state index is 0.0323. The van der Waals surface area contributed by atoms with Gasteiger partial charge in [-0.2, -0.15) is 5.10 Å². The minimum atomic E-state index is -4.76. The maximum absolute atomic E-state index is 13.6. The molecule has 214 valence electrons. The van der Waals surface area contributed by atoms with Gasteiger partial charge in [-0.05, 0) is 70.7 Å². The molecule has 0 bridgehead atoms. The van der Waals surface area contributed by atoms with Gasteiger partial charge in [0.05, 0.1) is 5.69 Å². The van der Waals surface area contributed by atoms with Crippen LogP contribution in [-0.4, -0.2) is 76.3 Å². The number of aryl methyl sites for hydroxylation is 1. The Bertz CT molecular complexity index is 1140. The number of benzene rings is 1. The van der Waals surface area contributed by atoms with Gasteiger partial charge in [0.25, 0.3) is 0 Å². The average Bonchev–Trinajstić information content (AvgIpc) is 3.28. The highest BCUT2D eigenvalue weighted by Crippen LogP contribution is 2.37. The van der Waals surface area contributed by atoms with Gasteiger partial charge in [0.1, 0.15) is 11.4 Å². The van der Waals surface area contributed by atoms with Gasteiger partial charge in [0.15, 0.2) is 0 Å². The lowest BCUT2D eigenvalue weighted by Crippen LogP contribution is -2.53. The maximum Gasteiger partial charge on any atom is 0.573 e. The second-order valence-corrected chi connectivity index (χ2v) is 11.3. The monoisotopic (exact) mass is 551 g/mol. The number of rotatable bonds is 4. The number of H-pyrrole nitrogens is 1. The quantitative estimate of drug-likeness (QED) is 0.537. The van der Waals surface area contributed by atoms with Crippen LogP contribution in [0.2, 0.25) is 0 Å². The zero-order chi connectivity index (χ0) is 28.4. The lowest BCUT2D eigenvalue weighted by molar-refractivity contribution is -0.274. The molecule has 2 atom stereocenters. The molecule has 0 saturated carbocycles. The standard InChI is InChI=1S/C27H36F3N5O4/c1-17-13-23(33-32-17)20-14-19(18-5-7-22(8-6-18)38-27(28,29)30)15-35(16-20)25(37)34-11-9-21(10-12-34)31-24(36)39-26(2,3)4/h5-8,13,19-21H,9-12,14-16H2,1-4H3,(H,31,36)(H,32,33). The second-order valence-electron chi connectivity index (χ2n) is 11.3. The van der Waals surface area contributed by atoms with Crippen LogP contribution in [0.15, 0.2) is 30.3 Å². The highest BCUT2D eigenvalue weighted by molar-refractivity contribution is 5.75. The van der Waals surface area contributed by atoms with E-state index in [0.29, 0.717) is 45.4 Å². The summed E-state index contributed by atoms with van der Waals surface area (Å²) in [6.45, 7) is 9.26. The fourth-order valence-corrected chi connectivity index (χ4v) is 5.19. The number of halogens is 3. The number of carbonyl (C=O) groups excluding carboxylic acids is 2. The molecule has 2 aliphatic heterocycles. The maximum atomic E-state index is 13.6. The molecule has 2 saturated heterocycles. The Kier molecular flexibility index (Phi) is 8.31. The van der Waals surface area contributed by atoms with Gasteiger partial charge in [0.2, 0.25) is 0 Å². The molecular formula is C27H36F3N5O4. The van der Waals surface area contributed by atoms with Crippen molar-refractivity contribution in [3.8, 4) is 5.75 Å². The lowest BCUT2D eigenvalue weighted by atomic mass is 9.83. The van der Waals surface area contributed by atoms with Crippen molar-refractivity contribution < 1.29 is 32.2 Å². The number of nitrogens with one attached hydrogen (secondary N) is 2. The molecule has 2 aliphatic rings. The Balaban J connectivity index is 1.43. The molecule has 0 spiro atoms. The third-order valence-corrected chi connectivity index (χ3v) is 6.94. The predicted molar refractivity (Wildman–Crippen MR) is 137 cm³/mol. The first-order valence-electron chi connectivity index (χ1n) is 13.2. The molecule has 0 radical (unpaired) electrons. The molecule has 2 aromatic rings. The minimum Gasteiger partial charge on any atom is -0.444 e. The Morgan fingerprint density at radius 1 is 1.03 bits per heavy atom. The van der Waals surface area contributed by atoms with E-state index in [2.05, 4.69) is 20.3 Å². The summed E-state index contributed by atoms with van der Waals surface area (Å²) < 4.78 is 47.1. The average molecular weight is 552 g/mol. The van der Waals surface area contributed by atoms with Crippen LogP contribution in [0.5, 0.6) is 5.75 Å². The number of nitrogens with zero attached hydrogens (tertiary/aromatic N) is 3. The molecule has 2 unspecified atom stereocenters. The number of aromatic nitrogens is 2. The van der Waals surface area contributed by atoms with Gasteiger partial charge in [-0.15, -0.1) is 13.2 Å². The van der Waals surface area contributed by atoms with Crippen molar-refractivity contribution in [2.75, 3.05) is 26.2 Å². The molecule has 3 amide bonds. The number of aromatic amines is 1. The zero-order valence-corrected chi connectivity index (χ0v) is 22.7. The highest BCUT2D eigenvalue weighted by atomic mass is 19.4. The van der Waals surface area contributed by atoms with Gasteiger partial charge in [-0.3, -0.25) is 5.10 Å². The first-order valence-corrected chi connectivity index (χ1v) is 13.2. The largest absolute Gasteiger partial charge is 0.573 e. The number of alkyl carbamates (subject to hydrolysis) is 1. The second kappa shape index (κ2) is 11.4. The summed E-state index contributed by atoms with van der Waals surface area (Å²) >= 11 is 0. The third-order valence-electron chi connectivity index (χ3n) is 6.94. The van der Waals surface area contributed by atoms with Crippen molar-refractivity contribution in [2.24, 2.45) is 0 Å². The number of carbonyl (C=O) groups is 2. The summed E-state index contributed by atoms with van der Waals surface area (Å²) in [6, 6.07) is 7.66. The molecule has 3 heterocycles. The summed E-state index contributed by atoms with van der Waals surface area (Å²) in [5, 5.41) is 10.3. The fourth-order valence-electron chi connectivity index (χ4n) is 5.19. The van der Waals surface area contributed by atoms with Crippen LogP contribution in [0.4, 0.5) is 22.8 Å². The van der Waals surface area contributed by atoms with Gasteiger partial charge in [-0.25, -0.2) is 9.59 Å². The number of urea groups is 1. The number of amides is 3. The molecule has 2 fully saturated rings. The summed E-state index contributed by atoms with van der Waals surface area (Å²) in [5.74, 6) is -0.400. The molecule has 12 heteroatoms. The summed E-state index contributed by atoms with van der Waals surface area (Å²) in [5.41, 5.74) is 2.02. The normalized spacial score (nSPS) is 21.0. The predicted octanol–water partition coefficient (Wildman–Crippen LogP) is 5.30. The van der Waals surface area contributed by atoms with E-state index in [9.17, 15) is 22.8 Å². The molecule has 9 nitrogen and oxygen atoms in total. The SMILES string of the molecule is Cc1cc(C2CC(c3ccc(OC(F)(F)F)cc3)CN(C(=O)N3CCC(NC(=O)OC(C)(C)C)CC3)C2)n[nH]1. The van der Waals surface area contributed by atoms with Crippen molar-refractivity contribution in [1.82, 2.24) is 25.3 Å². The summed E-state index contributed by atoms with van der Waals surface area (Å²) in [6.07, 6.45) is -3.28. The van der Waals surface area contributed by atoms with Crippen LogP contribution in [0.1, 0.15) is 68.8 Å². The molecule has 1 aromatic heterocycles. The van der Waals surface area contributed by atoms with E-state index in [1.54, 1.807) is 17.0 Å². The van der Waals surface area contributed by atoms with Crippen LogP contribution in [0.3, 0.4) is 0 Å². The highest BCUT2D eigenvalue weighted by Gasteiger charge is 2.36. The van der Waals surface area contributed by atoms with E-state index in [1.807, 2.05) is 38.7 Å². The van der Waals surface area contributed by atoms with Gasteiger partial charge in [-0.1, -0.05) is 12.1 Å². The Morgan fingerprint density at radius 3 is 2.23 bits per heavy atom. The topological polar surface area (TPSA) is 99.8 Å². The molecule has 1 aromatic carbocycles. The Hall–Kier alpha value is -3.44. The first kappa shape index (κ1) is 28.6. The number of likely N-dealkylation sites (tertiary alicyclic amines) is 2. The summed E-state index contributed by atoms with van der Waals surface area (Å²) in [7, 11) is 0. The Labute approximate surface area is 226 Å². The zero-order valence-electron chi connectivity index (χ0n) is 22.7. The number of hydrogen-bond donors (Lipinski definition) is 2. The van der Waals surface area contributed by atoms with Crippen molar-refractivity contribution in [3.05, 3.63) is 47.3 Å². The third kappa shape index (κ3) is 8.03. The van der Waals surface area contributed by atoms with E-state index in [0.717, 1.165) is 17.0 Å². The van der Waals surface area contributed by atoms with Crippen LogP contribution in [0.25, 0.3) is 0 Å². The van der Waals surface area contributed by atoms with Gasteiger partial charge >= 0.3 is 18.5 Å². The molecule has 39 heavy (non-hydrogen) atoms. The van der Waals surface area contributed by atoms with E-state index in [1.165, 1.54) is 12.1 Å². The van der Waals surface area contributed by atoms with Crippen LogP contribution >= 0.6 is 0 Å². The van der Waals surface area contributed by atoms with Crippen molar-refractivity contribution in [3.63, 3.8) is 0 Å². The number of alkyl halides is 3. The number of hydrogen-bond acceptors (Lipinski definition) is 5. The van der Waals surface area contributed by atoms with E-state index < -0.39 is 18.1 Å². The number of piperidine rings is 2. The van der Waals surface area contributed by atoms with Gasteiger partial charge in [0, 0.05) is 49.8 Å². The van der Waals surface area contributed by atoms with Gasteiger partial charge < -0.3 is 24.6 Å². The van der Waals surface area contributed by atoms with Crippen molar-refractivity contribution in [2.45, 2.75) is 76.8 Å². The van der Waals surface area contributed by atoms with Crippen LogP contribution in [0, 0.1) is 6.92 Å². The fraction of sp³-hybridized carbons (Fsp3) is 0.593. The summed E-state index contributed by atoms with van der Waals surface area (Å²) in [4.78, 5) is 29.3. The molecule has 2 N–H and O–H groups in total. The number of ether oxygens (including phenoxy) is 2. The van der Waals surface area contributed by atoms with Crippen molar-refractivity contribution >= 4 is 12.1 Å². The van der Waals surface area contributed by atoms with E-state index >= 15 is 0 Å². The molecule has 4 rings (SSSR count). The van der Waals surface area contributed by atoms with E-state index in [-0.39, 0.29) is 29.7 Å². The lowest BCUT2D eigenvalue weighted by Gasteiger charge is -2.41. The van der Waals surface area contributed by atoms with E-state index in [4.69, 9.17) is 4.74 Å².